The quantitative estimate of drug-likeness (QED) is 0.530. The topological polar surface area (TPSA) is 102 Å². The van der Waals surface area contributed by atoms with Crippen LogP contribution in [0.15, 0.2) is 60.7 Å². The Hall–Kier alpha value is -3.03. The molecule has 0 aliphatic carbocycles. The molecule has 3 rings (SSSR count). The summed E-state index contributed by atoms with van der Waals surface area (Å²) in [5.41, 5.74) is 1.79. The number of allylic oxidation sites excluding steroid dienone is 1. The summed E-state index contributed by atoms with van der Waals surface area (Å²) in [5, 5.41) is 30.9. The predicted octanol–water partition coefficient (Wildman–Crippen LogP) is 2.05. The van der Waals surface area contributed by atoms with Gasteiger partial charge in [-0.3, -0.25) is 0 Å². The number of hydrogen-bond donors (Lipinski definition) is 2. The van der Waals surface area contributed by atoms with Crippen molar-refractivity contribution >= 4 is 11.7 Å². The Morgan fingerprint density at radius 2 is 1.85 bits per heavy atom. The number of carbonyl (C=O) groups is 1. The first-order valence-electron chi connectivity index (χ1n) is 11.1. The molecule has 178 valence electrons. The van der Waals surface area contributed by atoms with E-state index in [2.05, 4.69) is 17.0 Å². The van der Waals surface area contributed by atoms with Gasteiger partial charge in [-0.25, -0.2) is 0 Å². The van der Waals surface area contributed by atoms with E-state index < -0.39 is 24.6 Å². The molecule has 1 heterocycles. The van der Waals surface area contributed by atoms with Crippen LogP contribution in [0.5, 0.6) is 11.5 Å². The van der Waals surface area contributed by atoms with E-state index in [1.807, 2.05) is 42.5 Å². The van der Waals surface area contributed by atoms with Crippen LogP contribution in [-0.2, 0) is 10.2 Å². The first-order chi connectivity index (χ1) is 15.9. The van der Waals surface area contributed by atoms with Crippen LogP contribution in [-0.4, -0.2) is 55.7 Å². The lowest BCUT2D eigenvalue weighted by atomic mass is 9.72. The fourth-order valence-corrected chi connectivity index (χ4v) is 4.45. The molecule has 0 amide bonds. The Morgan fingerprint density at radius 1 is 1.12 bits per heavy atom. The fraction of sp³-hybridized carbons (Fsp3) is 0.423. The number of hydrogen-bond acceptors (Lipinski definition) is 7. The number of anilines is 1. The number of aliphatic hydroxyl groups excluding tert-OH is 2. The van der Waals surface area contributed by atoms with E-state index in [1.165, 1.54) is 0 Å². The summed E-state index contributed by atoms with van der Waals surface area (Å²) in [6.07, 6.45) is 2.57. The number of rotatable bonds is 10. The summed E-state index contributed by atoms with van der Waals surface area (Å²) in [6.45, 7) is 1.57. The lowest BCUT2D eigenvalue weighted by Gasteiger charge is -2.42. The average molecular weight is 455 g/mol. The molecule has 2 aromatic carbocycles. The van der Waals surface area contributed by atoms with Gasteiger partial charge in [-0.1, -0.05) is 36.4 Å². The Kier molecular flexibility index (Phi) is 8.36. The Balaban J connectivity index is 1.83. The second-order valence-corrected chi connectivity index (χ2v) is 8.44. The minimum absolute atomic E-state index is 0.0635. The van der Waals surface area contributed by atoms with Crippen molar-refractivity contribution in [2.45, 2.75) is 43.3 Å². The van der Waals surface area contributed by atoms with Gasteiger partial charge in [0.2, 0.25) is 0 Å². The molecule has 0 bridgehead atoms. The zero-order valence-corrected chi connectivity index (χ0v) is 19.1. The Morgan fingerprint density at radius 3 is 2.52 bits per heavy atom. The SMILES string of the molecule is COc1cccc(C2(/C=C/C(O)CC(O)CC(=O)[O-])CCN(c3ccccc3OC)CC2)c1. The van der Waals surface area contributed by atoms with E-state index in [0.29, 0.717) is 0 Å². The van der Waals surface area contributed by atoms with Gasteiger partial charge in [0.05, 0.1) is 32.1 Å². The summed E-state index contributed by atoms with van der Waals surface area (Å²) in [7, 11) is 3.30. The van der Waals surface area contributed by atoms with Crippen molar-refractivity contribution in [3.05, 3.63) is 66.2 Å². The lowest BCUT2D eigenvalue weighted by Crippen LogP contribution is -2.42. The van der Waals surface area contributed by atoms with Crippen molar-refractivity contribution in [1.29, 1.82) is 0 Å². The number of benzene rings is 2. The highest BCUT2D eigenvalue weighted by molar-refractivity contribution is 5.64. The molecule has 2 N–H and O–H groups in total. The number of piperidine rings is 1. The van der Waals surface area contributed by atoms with E-state index in [9.17, 15) is 20.1 Å². The van der Waals surface area contributed by atoms with Gasteiger partial charge in [0.1, 0.15) is 11.5 Å². The molecule has 7 heteroatoms. The molecule has 33 heavy (non-hydrogen) atoms. The van der Waals surface area contributed by atoms with Crippen LogP contribution in [0.1, 0.15) is 31.2 Å². The largest absolute Gasteiger partial charge is 0.550 e. The third kappa shape index (κ3) is 6.27. The smallest absolute Gasteiger partial charge is 0.142 e. The molecule has 0 spiro atoms. The van der Waals surface area contributed by atoms with Crippen LogP contribution >= 0.6 is 0 Å². The molecule has 1 aliphatic heterocycles. The zero-order valence-electron chi connectivity index (χ0n) is 19.1. The molecule has 2 unspecified atom stereocenters. The molecule has 7 nitrogen and oxygen atoms in total. The molecular weight excluding hydrogens is 422 g/mol. The van der Waals surface area contributed by atoms with Crippen LogP contribution in [0.3, 0.4) is 0 Å². The number of para-hydroxylation sites is 2. The third-order valence-corrected chi connectivity index (χ3v) is 6.28. The van der Waals surface area contributed by atoms with Crippen LogP contribution < -0.4 is 19.5 Å². The first kappa shape index (κ1) is 24.6. The zero-order chi connectivity index (χ0) is 23.8. The fourth-order valence-electron chi connectivity index (χ4n) is 4.45. The highest BCUT2D eigenvalue weighted by Crippen LogP contribution is 2.41. The summed E-state index contributed by atoms with van der Waals surface area (Å²) >= 11 is 0. The van der Waals surface area contributed by atoms with Gasteiger partial charge in [-0.15, -0.1) is 0 Å². The Labute approximate surface area is 194 Å². The lowest BCUT2D eigenvalue weighted by molar-refractivity contribution is -0.307. The van der Waals surface area contributed by atoms with Crippen molar-refractivity contribution < 1.29 is 29.6 Å². The molecule has 1 fully saturated rings. The third-order valence-electron chi connectivity index (χ3n) is 6.28. The highest BCUT2D eigenvalue weighted by atomic mass is 16.5. The van der Waals surface area contributed by atoms with Gasteiger partial charge >= 0.3 is 0 Å². The number of aliphatic carboxylic acids is 1. The first-order valence-corrected chi connectivity index (χ1v) is 11.1. The monoisotopic (exact) mass is 454 g/mol. The maximum Gasteiger partial charge on any atom is 0.142 e. The highest BCUT2D eigenvalue weighted by Gasteiger charge is 2.35. The van der Waals surface area contributed by atoms with Crippen molar-refractivity contribution in [1.82, 2.24) is 0 Å². The number of carboxylic acid groups (broad SMARTS) is 1. The number of carboxylic acids is 1. The number of methoxy groups -OCH3 is 2. The number of ether oxygens (including phenoxy) is 2. The van der Waals surface area contributed by atoms with Gasteiger partial charge in [-0.05, 0) is 42.7 Å². The average Bonchev–Trinajstić information content (AvgIpc) is 2.82. The van der Waals surface area contributed by atoms with Crippen molar-refractivity contribution in [3.8, 4) is 11.5 Å². The van der Waals surface area contributed by atoms with Crippen LogP contribution in [0.4, 0.5) is 5.69 Å². The Bertz CT molecular complexity index is 951. The van der Waals surface area contributed by atoms with Gasteiger partial charge in [0.25, 0.3) is 0 Å². The van der Waals surface area contributed by atoms with Crippen LogP contribution in [0.2, 0.25) is 0 Å². The number of carbonyl (C=O) groups excluding carboxylic acids is 1. The van der Waals surface area contributed by atoms with E-state index in [0.717, 1.165) is 48.7 Å². The summed E-state index contributed by atoms with van der Waals surface area (Å²) in [5.74, 6) is 0.256. The number of nitrogens with zero attached hydrogens (tertiary/aromatic N) is 1. The molecule has 0 radical (unpaired) electrons. The van der Waals surface area contributed by atoms with Crippen molar-refractivity contribution in [2.24, 2.45) is 0 Å². The van der Waals surface area contributed by atoms with E-state index in [1.54, 1.807) is 20.3 Å². The molecule has 1 saturated heterocycles. The maximum atomic E-state index is 10.7. The van der Waals surface area contributed by atoms with E-state index in [-0.39, 0.29) is 11.8 Å². The molecule has 2 atom stereocenters. The minimum Gasteiger partial charge on any atom is -0.550 e. The standard InChI is InChI=1S/C26H33NO6/c1-32-22-7-5-6-19(16-22)26(11-10-20(28)17-21(29)18-25(30)31)12-14-27(15-13-26)23-8-3-4-9-24(23)33-2/h3-11,16,20-21,28-29H,12-15,17-18H2,1-2H3,(H,30,31)/p-1/b11-10+. The van der Waals surface area contributed by atoms with Crippen LogP contribution in [0.25, 0.3) is 0 Å². The molecule has 0 saturated carbocycles. The van der Waals surface area contributed by atoms with E-state index >= 15 is 0 Å². The summed E-state index contributed by atoms with van der Waals surface area (Å²) in [4.78, 5) is 13.0. The molecule has 0 aromatic heterocycles. The molecular formula is C26H32NO6-. The van der Waals surface area contributed by atoms with Gasteiger partial charge < -0.3 is 34.5 Å². The van der Waals surface area contributed by atoms with Crippen molar-refractivity contribution in [3.63, 3.8) is 0 Å². The van der Waals surface area contributed by atoms with Crippen molar-refractivity contribution in [2.75, 3.05) is 32.2 Å². The van der Waals surface area contributed by atoms with E-state index in [4.69, 9.17) is 9.47 Å². The number of aliphatic hydroxyl groups is 2. The second kappa shape index (κ2) is 11.2. The molecule has 1 aliphatic rings. The normalized spacial score (nSPS) is 17.5. The van der Waals surface area contributed by atoms with Gasteiger partial charge in [-0.2, -0.15) is 0 Å². The second-order valence-electron chi connectivity index (χ2n) is 8.44. The summed E-state index contributed by atoms with van der Waals surface area (Å²) < 4.78 is 11.0. The van der Waals surface area contributed by atoms with Gasteiger partial charge in [0, 0.05) is 37.3 Å². The minimum atomic E-state index is -1.34. The maximum absolute atomic E-state index is 10.7. The summed E-state index contributed by atoms with van der Waals surface area (Å²) in [6, 6.07) is 15.9. The van der Waals surface area contributed by atoms with Gasteiger partial charge in [0.15, 0.2) is 0 Å². The predicted molar refractivity (Wildman–Crippen MR) is 125 cm³/mol. The van der Waals surface area contributed by atoms with Crippen LogP contribution in [0, 0.1) is 0 Å². The molecule has 2 aromatic rings.